The van der Waals surface area contributed by atoms with Gasteiger partial charge >= 0.3 is 0 Å². The van der Waals surface area contributed by atoms with E-state index >= 15 is 0 Å². The van der Waals surface area contributed by atoms with E-state index in [1.165, 1.54) is 18.3 Å². The second-order valence-electron chi connectivity index (χ2n) is 4.99. The highest BCUT2D eigenvalue weighted by Crippen LogP contribution is 2.30. The van der Waals surface area contributed by atoms with E-state index in [-0.39, 0.29) is 17.3 Å². The van der Waals surface area contributed by atoms with Crippen molar-refractivity contribution in [1.82, 2.24) is 9.71 Å². The molecule has 0 atom stereocenters. The summed E-state index contributed by atoms with van der Waals surface area (Å²) in [5, 5.41) is 9.55. The molecule has 7 heteroatoms. The fraction of sp³-hybridized carbons (Fsp3) is 0.583. The van der Waals surface area contributed by atoms with Crippen molar-refractivity contribution in [3.8, 4) is 0 Å². The minimum Gasteiger partial charge on any atom is -0.394 e. The average Bonchev–Trinajstić information content (AvgIpc) is 2.39. The van der Waals surface area contributed by atoms with Crippen LogP contribution in [0.3, 0.4) is 0 Å². The zero-order valence-corrected chi connectivity index (χ0v) is 11.5. The van der Waals surface area contributed by atoms with E-state index in [1.807, 2.05) is 0 Å². The van der Waals surface area contributed by atoms with Crippen LogP contribution in [0.5, 0.6) is 0 Å². The molecule has 1 aliphatic rings. The Morgan fingerprint density at radius 1 is 1.37 bits per heavy atom. The number of nitrogen functional groups attached to an aromatic ring is 1. The van der Waals surface area contributed by atoms with Crippen molar-refractivity contribution in [2.45, 2.75) is 42.5 Å². The van der Waals surface area contributed by atoms with Gasteiger partial charge in [-0.15, -0.1) is 0 Å². The molecule has 0 radical (unpaired) electrons. The summed E-state index contributed by atoms with van der Waals surface area (Å²) in [6.45, 7) is -0.202. The van der Waals surface area contributed by atoms with Crippen molar-refractivity contribution in [1.29, 1.82) is 0 Å². The largest absolute Gasteiger partial charge is 0.394 e. The number of hydrogen-bond donors (Lipinski definition) is 3. The maximum atomic E-state index is 12.3. The van der Waals surface area contributed by atoms with Crippen LogP contribution < -0.4 is 10.5 Å². The van der Waals surface area contributed by atoms with E-state index in [4.69, 9.17) is 5.73 Å². The number of rotatable bonds is 4. The highest BCUT2D eigenvalue weighted by atomic mass is 32.2. The molecule has 0 aromatic carbocycles. The summed E-state index contributed by atoms with van der Waals surface area (Å²) in [5.41, 5.74) is 4.84. The van der Waals surface area contributed by atoms with Gasteiger partial charge in [0.25, 0.3) is 0 Å². The lowest BCUT2D eigenvalue weighted by molar-refractivity contribution is 0.142. The molecule has 1 aromatic rings. The van der Waals surface area contributed by atoms with Crippen LogP contribution in [-0.2, 0) is 10.0 Å². The van der Waals surface area contributed by atoms with Crippen LogP contribution in [0.25, 0.3) is 0 Å². The molecule has 1 aliphatic carbocycles. The molecule has 1 fully saturated rings. The van der Waals surface area contributed by atoms with Crippen LogP contribution in [-0.4, -0.2) is 30.7 Å². The van der Waals surface area contributed by atoms with E-state index in [9.17, 15) is 13.5 Å². The molecule has 0 spiro atoms. The summed E-state index contributed by atoms with van der Waals surface area (Å²) in [5.74, 6) is -0.0288. The highest BCUT2D eigenvalue weighted by molar-refractivity contribution is 7.89. The molecule has 0 unspecified atom stereocenters. The van der Waals surface area contributed by atoms with Gasteiger partial charge in [0, 0.05) is 6.20 Å². The highest BCUT2D eigenvalue weighted by Gasteiger charge is 2.36. The Morgan fingerprint density at radius 3 is 2.63 bits per heavy atom. The van der Waals surface area contributed by atoms with Gasteiger partial charge in [-0.3, -0.25) is 0 Å². The van der Waals surface area contributed by atoms with E-state index < -0.39 is 15.6 Å². The molecule has 1 aromatic heterocycles. The quantitative estimate of drug-likeness (QED) is 0.752. The number of aromatic nitrogens is 1. The molecule has 6 nitrogen and oxygen atoms in total. The topological polar surface area (TPSA) is 105 Å². The van der Waals surface area contributed by atoms with Crippen molar-refractivity contribution in [2.24, 2.45) is 0 Å². The zero-order valence-electron chi connectivity index (χ0n) is 10.7. The van der Waals surface area contributed by atoms with Gasteiger partial charge in [-0.1, -0.05) is 19.3 Å². The van der Waals surface area contributed by atoms with E-state index in [2.05, 4.69) is 9.71 Å². The molecule has 2 rings (SSSR count). The van der Waals surface area contributed by atoms with Gasteiger partial charge in [0.05, 0.1) is 12.1 Å². The second-order valence-corrected chi connectivity index (χ2v) is 6.64. The molecule has 0 amide bonds. The number of nitrogens with two attached hydrogens (primary N) is 1. The Hall–Kier alpha value is -1.18. The van der Waals surface area contributed by atoms with Crippen LogP contribution >= 0.6 is 0 Å². The molecule has 0 bridgehead atoms. The zero-order chi connectivity index (χ0) is 13.9. The Bertz CT molecular complexity index is 539. The molecule has 19 heavy (non-hydrogen) atoms. The van der Waals surface area contributed by atoms with Crippen molar-refractivity contribution >= 4 is 15.8 Å². The molecule has 106 valence electrons. The van der Waals surface area contributed by atoms with E-state index in [1.54, 1.807) is 0 Å². The fourth-order valence-electron chi connectivity index (χ4n) is 2.49. The predicted octanol–water partition coefficient (Wildman–Crippen LogP) is 0.637. The van der Waals surface area contributed by atoms with Crippen molar-refractivity contribution in [2.75, 3.05) is 12.3 Å². The van der Waals surface area contributed by atoms with Gasteiger partial charge in [-0.25, -0.2) is 18.1 Å². The van der Waals surface area contributed by atoms with Gasteiger partial charge in [0.2, 0.25) is 10.0 Å². The number of sulfonamides is 1. The summed E-state index contributed by atoms with van der Waals surface area (Å²) in [7, 11) is -3.76. The molecular formula is C12H19N3O3S. The first kappa shape index (κ1) is 14.2. The standard InChI is InChI=1S/C12H19N3O3S/c13-11-10(5-4-8-14-11)19(17,18)15-12(9-16)6-2-1-3-7-12/h4-5,8,15-16H,1-3,6-7,9H2,(H2,13,14). The first-order valence-corrected chi connectivity index (χ1v) is 7.83. The number of nitrogens with one attached hydrogen (secondary N) is 1. The number of pyridine rings is 1. The van der Waals surface area contributed by atoms with Crippen LogP contribution in [0.4, 0.5) is 5.82 Å². The van der Waals surface area contributed by atoms with Gasteiger partial charge in [0.15, 0.2) is 0 Å². The maximum absolute atomic E-state index is 12.3. The van der Waals surface area contributed by atoms with Gasteiger partial charge in [0.1, 0.15) is 10.7 Å². The number of aliphatic hydroxyl groups is 1. The third-order valence-electron chi connectivity index (χ3n) is 3.55. The van der Waals surface area contributed by atoms with Crippen LogP contribution in [0.2, 0.25) is 0 Å². The molecular weight excluding hydrogens is 266 g/mol. The number of anilines is 1. The van der Waals surface area contributed by atoms with E-state index in [0.717, 1.165) is 19.3 Å². The van der Waals surface area contributed by atoms with E-state index in [0.29, 0.717) is 12.8 Å². The van der Waals surface area contributed by atoms with Crippen LogP contribution in [0.15, 0.2) is 23.2 Å². The summed E-state index contributed by atoms with van der Waals surface area (Å²) in [4.78, 5) is 3.75. The number of aliphatic hydroxyl groups excluding tert-OH is 1. The molecule has 1 saturated carbocycles. The fourth-order valence-corrected chi connectivity index (χ4v) is 4.03. The smallest absolute Gasteiger partial charge is 0.244 e. The Kier molecular flexibility index (Phi) is 4.07. The van der Waals surface area contributed by atoms with Crippen molar-refractivity contribution < 1.29 is 13.5 Å². The maximum Gasteiger partial charge on any atom is 0.244 e. The van der Waals surface area contributed by atoms with Crippen molar-refractivity contribution in [3.05, 3.63) is 18.3 Å². The number of nitrogens with zero attached hydrogens (tertiary/aromatic N) is 1. The van der Waals surface area contributed by atoms with Gasteiger partial charge in [-0.2, -0.15) is 0 Å². The monoisotopic (exact) mass is 285 g/mol. The minimum absolute atomic E-state index is 0.0288. The first-order valence-electron chi connectivity index (χ1n) is 6.34. The van der Waals surface area contributed by atoms with Crippen molar-refractivity contribution in [3.63, 3.8) is 0 Å². The third kappa shape index (κ3) is 3.05. The molecule has 0 saturated heterocycles. The van der Waals surface area contributed by atoms with Crippen LogP contribution in [0.1, 0.15) is 32.1 Å². The first-order chi connectivity index (χ1) is 8.99. The molecule has 0 aliphatic heterocycles. The summed E-state index contributed by atoms with van der Waals surface area (Å²) >= 11 is 0. The molecule has 4 N–H and O–H groups in total. The van der Waals surface area contributed by atoms with Gasteiger partial charge in [-0.05, 0) is 25.0 Å². The lowest BCUT2D eigenvalue weighted by Crippen LogP contribution is -2.52. The Labute approximate surface area is 113 Å². The Morgan fingerprint density at radius 2 is 2.05 bits per heavy atom. The summed E-state index contributed by atoms with van der Waals surface area (Å²) in [6, 6.07) is 2.94. The predicted molar refractivity (Wildman–Crippen MR) is 71.9 cm³/mol. The average molecular weight is 285 g/mol. The SMILES string of the molecule is Nc1ncccc1S(=O)(=O)NC1(CO)CCCCC1. The second kappa shape index (κ2) is 5.44. The third-order valence-corrected chi connectivity index (χ3v) is 5.18. The number of hydrogen-bond acceptors (Lipinski definition) is 5. The lowest BCUT2D eigenvalue weighted by atomic mass is 9.83. The van der Waals surface area contributed by atoms with Gasteiger partial charge < -0.3 is 10.8 Å². The minimum atomic E-state index is -3.76. The summed E-state index contributed by atoms with van der Waals surface area (Å²) in [6.07, 6.45) is 5.61. The normalized spacial score (nSPS) is 19.2. The molecule has 1 heterocycles. The Balaban J connectivity index is 2.28. The van der Waals surface area contributed by atoms with Crippen LogP contribution in [0, 0.1) is 0 Å². The lowest BCUT2D eigenvalue weighted by Gasteiger charge is -2.36. The summed E-state index contributed by atoms with van der Waals surface area (Å²) < 4.78 is 27.3.